The number of nitrogens with one attached hydrogen (secondary N) is 1. The second-order valence-electron chi connectivity index (χ2n) is 3.99. The van der Waals surface area contributed by atoms with Crippen molar-refractivity contribution in [2.24, 2.45) is 5.73 Å². The number of para-hydroxylation sites is 2. The van der Waals surface area contributed by atoms with Crippen molar-refractivity contribution in [3.05, 3.63) is 43.0 Å². The number of amides is 1. The Morgan fingerprint density at radius 2 is 2.28 bits per heavy atom. The maximum atomic E-state index is 11.8. The lowest BCUT2D eigenvalue weighted by Gasteiger charge is -2.14. The van der Waals surface area contributed by atoms with Gasteiger partial charge in [0.1, 0.15) is 0 Å². The topological polar surface area (TPSA) is 72.9 Å². The number of imidazole rings is 1. The number of aromatic nitrogens is 2. The Morgan fingerprint density at radius 3 is 2.94 bits per heavy atom. The molecule has 2 aromatic rings. The van der Waals surface area contributed by atoms with Crippen LogP contribution >= 0.6 is 0 Å². The molecule has 0 fully saturated rings. The molecule has 94 valence electrons. The number of hydrogen-bond donors (Lipinski definition) is 2. The van der Waals surface area contributed by atoms with Gasteiger partial charge in [-0.05, 0) is 18.6 Å². The van der Waals surface area contributed by atoms with Crippen LogP contribution in [-0.4, -0.2) is 21.5 Å². The Hall–Kier alpha value is -2.14. The van der Waals surface area contributed by atoms with E-state index in [1.165, 1.54) is 0 Å². The second-order valence-corrected chi connectivity index (χ2v) is 3.99. The summed E-state index contributed by atoms with van der Waals surface area (Å²) in [6, 6.07) is 7.05. The number of hydrogen-bond acceptors (Lipinski definition) is 3. The highest BCUT2D eigenvalue weighted by atomic mass is 16.2. The van der Waals surface area contributed by atoms with E-state index in [2.05, 4.69) is 10.3 Å². The smallest absolute Gasteiger partial charge is 0.241 e. The van der Waals surface area contributed by atoms with Gasteiger partial charge in [0, 0.05) is 12.4 Å². The normalized spacial score (nSPS) is 12.1. The zero-order valence-corrected chi connectivity index (χ0v) is 10.2. The average molecular weight is 244 g/mol. The minimum Gasteiger partial charge on any atom is -0.323 e. The van der Waals surface area contributed by atoms with E-state index in [0.29, 0.717) is 6.42 Å². The molecular weight excluding hydrogens is 228 g/mol. The van der Waals surface area contributed by atoms with Gasteiger partial charge >= 0.3 is 0 Å². The quantitative estimate of drug-likeness (QED) is 0.857. The van der Waals surface area contributed by atoms with Crippen LogP contribution in [0.2, 0.25) is 0 Å². The maximum Gasteiger partial charge on any atom is 0.241 e. The number of benzene rings is 1. The molecule has 1 amide bonds. The molecule has 2 rings (SSSR count). The molecule has 5 heteroatoms. The predicted molar refractivity (Wildman–Crippen MR) is 70.5 cm³/mol. The summed E-state index contributed by atoms with van der Waals surface area (Å²) in [4.78, 5) is 15.8. The molecule has 0 aliphatic carbocycles. The van der Waals surface area contributed by atoms with Crippen molar-refractivity contribution < 1.29 is 4.79 Å². The van der Waals surface area contributed by atoms with Crippen LogP contribution in [0.4, 0.5) is 5.69 Å². The molecule has 0 saturated heterocycles. The molecule has 0 aliphatic heterocycles. The molecule has 0 saturated carbocycles. The highest BCUT2D eigenvalue weighted by Gasteiger charge is 2.13. The lowest BCUT2D eigenvalue weighted by atomic mass is 10.2. The van der Waals surface area contributed by atoms with Crippen molar-refractivity contribution in [1.29, 1.82) is 0 Å². The molecule has 18 heavy (non-hydrogen) atoms. The molecule has 0 unspecified atom stereocenters. The average Bonchev–Trinajstić information content (AvgIpc) is 2.92. The maximum absolute atomic E-state index is 11.8. The highest BCUT2D eigenvalue weighted by Crippen LogP contribution is 2.19. The number of nitrogens with zero attached hydrogens (tertiary/aromatic N) is 2. The molecule has 1 heterocycles. The van der Waals surface area contributed by atoms with Crippen molar-refractivity contribution in [2.45, 2.75) is 19.4 Å². The first-order valence-electron chi connectivity index (χ1n) is 5.86. The number of nitrogens with two attached hydrogens (primary N) is 1. The van der Waals surface area contributed by atoms with Gasteiger partial charge in [0.25, 0.3) is 0 Å². The van der Waals surface area contributed by atoms with Crippen LogP contribution in [0.25, 0.3) is 5.69 Å². The Morgan fingerprint density at radius 1 is 1.50 bits per heavy atom. The predicted octanol–water partition coefficient (Wildman–Crippen LogP) is 1.55. The van der Waals surface area contributed by atoms with Gasteiger partial charge in [0.05, 0.1) is 23.7 Å². The van der Waals surface area contributed by atoms with Crippen LogP contribution < -0.4 is 11.1 Å². The number of carbonyl (C=O) groups excluding carboxylic acids is 1. The van der Waals surface area contributed by atoms with Crippen molar-refractivity contribution in [2.75, 3.05) is 5.32 Å². The third-order valence-corrected chi connectivity index (χ3v) is 2.72. The van der Waals surface area contributed by atoms with Gasteiger partial charge in [-0.25, -0.2) is 4.98 Å². The number of rotatable bonds is 4. The Balaban J connectivity index is 2.26. The summed E-state index contributed by atoms with van der Waals surface area (Å²) in [5.41, 5.74) is 7.30. The summed E-state index contributed by atoms with van der Waals surface area (Å²) in [5.74, 6) is -0.176. The van der Waals surface area contributed by atoms with Crippen molar-refractivity contribution in [3.63, 3.8) is 0 Å². The van der Waals surface area contributed by atoms with Crippen LogP contribution in [0.3, 0.4) is 0 Å². The summed E-state index contributed by atoms with van der Waals surface area (Å²) in [5, 5.41) is 2.84. The molecule has 1 aromatic carbocycles. The van der Waals surface area contributed by atoms with E-state index in [9.17, 15) is 4.79 Å². The standard InChI is InChI=1S/C13H16N4O/c1-2-10(14)13(18)16-11-5-3-4-6-12(11)17-8-7-15-9-17/h3-10H,2,14H2,1H3,(H,16,18)/t10-/m1/s1. The molecule has 3 N–H and O–H groups in total. The van der Waals surface area contributed by atoms with E-state index < -0.39 is 6.04 Å². The van der Waals surface area contributed by atoms with Crippen LogP contribution in [-0.2, 0) is 4.79 Å². The summed E-state index contributed by atoms with van der Waals surface area (Å²) in [6.45, 7) is 1.88. The van der Waals surface area contributed by atoms with Gasteiger partial charge in [-0.2, -0.15) is 0 Å². The van der Waals surface area contributed by atoms with Crippen molar-refractivity contribution in [1.82, 2.24) is 9.55 Å². The van der Waals surface area contributed by atoms with E-state index in [-0.39, 0.29) is 5.91 Å². The zero-order valence-electron chi connectivity index (χ0n) is 10.2. The van der Waals surface area contributed by atoms with Gasteiger partial charge in [-0.15, -0.1) is 0 Å². The third-order valence-electron chi connectivity index (χ3n) is 2.72. The summed E-state index contributed by atoms with van der Waals surface area (Å²) in [6.07, 6.45) is 5.81. The Kier molecular flexibility index (Phi) is 3.74. The molecule has 0 aliphatic rings. The van der Waals surface area contributed by atoms with Gasteiger partial charge in [0.15, 0.2) is 0 Å². The van der Waals surface area contributed by atoms with E-state index >= 15 is 0 Å². The number of carbonyl (C=O) groups is 1. The fourth-order valence-corrected chi connectivity index (χ4v) is 1.62. The van der Waals surface area contributed by atoms with Crippen molar-refractivity contribution in [3.8, 4) is 5.69 Å². The molecular formula is C13H16N4O. The largest absolute Gasteiger partial charge is 0.323 e. The Bertz CT molecular complexity index is 522. The molecule has 0 radical (unpaired) electrons. The van der Waals surface area contributed by atoms with Crippen molar-refractivity contribution >= 4 is 11.6 Å². The number of anilines is 1. The van der Waals surface area contributed by atoms with Crippen LogP contribution in [0.1, 0.15) is 13.3 Å². The lowest BCUT2D eigenvalue weighted by Crippen LogP contribution is -2.35. The SMILES string of the molecule is CC[C@@H](N)C(=O)Nc1ccccc1-n1ccnc1. The summed E-state index contributed by atoms with van der Waals surface area (Å²) >= 11 is 0. The fourth-order valence-electron chi connectivity index (χ4n) is 1.62. The first kappa shape index (κ1) is 12.3. The molecule has 0 spiro atoms. The van der Waals surface area contributed by atoms with Gasteiger partial charge in [-0.3, -0.25) is 4.79 Å². The van der Waals surface area contributed by atoms with E-state index in [4.69, 9.17) is 5.73 Å². The summed E-state index contributed by atoms with van der Waals surface area (Å²) < 4.78 is 1.84. The monoisotopic (exact) mass is 244 g/mol. The fraction of sp³-hybridized carbons (Fsp3) is 0.231. The first-order chi connectivity index (χ1) is 8.72. The third kappa shape index (κ3) is 2.57. The van der Waals surface area contributed by atoms with Gasteiger partial charge < -0.3 is 15.6 Å². The van der Waals surface area contributed by atoms with E-state index in [1.807, 2.05) is 42.0 Å². The van der Waals surface area contributed by atoms with Crippen LogP contribution in [0.5, 0.6) is 0 Å². The van der Waals surface area contributed by atoms with Crippen LogP contribution in [0, 0.1) is 0 Å². The minimum atomic E-state index is -0.485. The van der Waals surface area contributed by atoms with E-state index in [1.54, 1.807) is 12.5 Å². The zero-order chi connectivity index (χ0) is 13.0. The molecule has 5 nitrogen and oxygen atoms in total. The lowest BCUT2D eigenvalue weighted by molar-refractivity contribution is -0.117. The molecule has 1 aromatic heterocycles. The Labute approximate surface area is 106 Å². The van der Waals surface area contributed by atoms with E-state index in [0.717, 1.165) is 11.4 Å². The highest BCUT2D eigenvalue weighted by molar-refractivity contribution is 5.96. The second kappa shape index (κ2) is 5.46. The first-order valence-corrected chi connectivity index (χ1v) is 5.86. The van der Waals surface area contributed by atoms with Gasteiger partial charge in [0.2, 0.25) is 5.91 Å². The van der Waals surface area contributed by atoms with Gasteiger partial charge in [-0.1, -0.05) is 19.1 Å². The minimum absolute atomic E-state index is 0.176. The molecule has 0 bridgehead atoms. The summed E-state index contributed by atoms with van der Waals surface area (Å²) in [7, 11) is 0. The molecule has 1 atom stereocenters. The van der Waals surface area contributed by atoms with Crippen LogP contribution in [0.15, 0.2) is 43.0 Å².